The normalized spacial score (nSPS) is 14.2. The van der Waals surface area contributed by atoms with Crippen LogP contribution >= 0.6 is 7.82 Å². The van der Waals surface area contributed by atoms with Gasteiger partial charge in [0.25, 0.3) is 0 Å². The van der Waals surface area contributed by atoms with Crippen molar-refractivity contribution in [1.82, 2.24) is 0 Å². The van der Waals surface area contributed by atoms with E-state index in [1.807, 2.05) is 0 Å². The molecular weight excluding hydrogens is 679 g/mol. The van der Waals surface area contributed by atoms with Crippen LogP contribution in [0.1, 0.15) is 206 Å². The zero-order chi connectivity index (χ0) is 38.2. The third kappa shape index (κ3) is 38.9. The van der Waals surface area contributed by atoms with Crippen molar-refractivity contribution in [3.63, 3.8) is 0 Å². The second kappa shape index (κ2) is 39.9. The molecule has 0 aromatic rings. The van der Waals surface area contributed by atoms with Crippen molar-refractivity contribution in [1.29, 1.82) is 0 Å². The van der Waals surface area contributed by atoms with Crippen LogP contribution in [-0.4, -0.2) is 66.3 Å². The first kappa shape index (κ1) is 51.2. The van der Waals surface area contributed by atoms with Gasteiger partial charge in [-0.05, 0) is 38.5 Å². The van der Waals surface area contributed by atoms with Crippen molar-refractivity contribution in [3.8, 4) is 0 Å². The number of carbonyl (C=O) groups excluding carboxylic acids is 1. The van der Waals surface area contributed by atoms with Gasteiger partial charge in [0.1, 0.15) is 12.2 Å². The van der Waals surface area contributed by atoms with Crippen LogP contribution in [0.25, 0.3) is 0 Å². The van der Waals surface area contributed by atoms with Gasteiger partial charge in [-0.15, -0.1) is 0 Å². The number of rotatable bonds is 42. The summed E-state index contributed by atoms with van der Waals surface area (Å²) >= 11 is 0. The van der Waals surface area contributed by atoms with Gasteiger partial charge in [0.05, 0.1) is 26.4 Å². The van der Waals surface area contributed by atoms with E-state index < -0.39 is 33.2 Å². The lowest BCUT2D eigenvalue weighted by atomic mass is 10.0. The van der Waals surface area contributed by atoms with E-state index in [9.17, 15) is 19.4 Å². The average Bonchev–Trinajstić information content (AvgIpc) is 3.13. The van der Waals surface area contributed by atoms with Gasteiger partial charge in [-0.2, -0.15) is 0 Å². The lowest BCUT2D eigenvalue weighted by molar-refractivity contribution is -0.154. The second-order valence-corrected chi connectivity index (χ2v) is 16.2. The van der Waals surface area contributed by atoms with Crippen LogP contribution in [-0.2, 0) is 27.9 Å². The van der Waals surface area contributed by atoms with Crippen LogP contribution in [0.4, 0.5) is 0 Å². The molecular formula is C42H83O9P. The van der Waals surface area contributed by atoms with Crippen molar-refractivity contribution < 1.29 is 43.0 Å². The van der Waals surface area contributed by atoms with Gasteiger partial charge >= 0.3 is 13.8 Å². The van der Waals surface area contributed by atoms with Crippen molar-refractivity contribution in [2.75, 3.05) is 33.0 Å². The molecule has 9 nitrogen and oxygen atoms in total. The predicted molar refractivity (Wildman–Crippen MR) is 215 cm³/mol. The molecule has 0 aromatic heterocycles. The van der Waals surface area contributed by atoms with E-state index in [1.165, 1.54) is 141 Å². The smallest absolute Gasteiger partial charge is 0.457 e. The quantitative estimate of drug-likeness (QED) is 0.0241. The monoisotopic (exact) mass is 763 g/mol. The summed E-state index contributed by atoms with van der Waals surface area (Å²) in [6.07, 6.45) is 38.8. The van der Waals surface area contributed by atoms with Gasteiger partial charge in [0.15, 0.2) is 0 Å². The van der Waals surface area contributed by atoms with Gasteiger partial charge in [-0.1, -0.05) is 174 Å². The molecule has 0 bridgehead atoms. The molecule has 0 rings (SSSR count). The molecule has 0 heterocycles. The predicted octanol–water partition coefficient (Wildman–Crippen LogP) is 11.7. The summed E-state index contributed by atoms with van der Waals surface area (Å²) < 4.78 is 33.3. The van der Waals surface area contributed by atoms with Crippen LogP contribution in [0.15, 0.2) is 12.2 Å². The minimum atomic E-state index is -4.51. The summed E-state index contributed by atoms with van der Waals surface area (Å²) in [5.74, 6) is -0.381. The molecule has 0 aliphatic heterocycles. The second-order valence-electron chi connectivity index (χ2n) is 14.7. The molecule has 0 aromatic carbocycles. The van der Waals surface area contributed by atoms with Crippen molar-refractivity contribution >= 4 is 13.8 Å². The standard InChI is InChI=1S/C42H83O9P/c1-3-5-7-9-11-13-15-17-18-19-20-21-22-24-26-28-30-32-34-42(45)51-41(39-50-52(46,47)49-37-40(44)36-43)38-48-35-33-31-29-27-25-23-16-14-12-10-8-6-4-2/h12,14,40-41,43-44H,3-11,13,15-39H2,1-2H3,(H,46,47)/b14-12-. The Labute approximate surface area is 320 Å². The molecule has 10 heteroatoms. The number of phosphoric acid groups is 1. The highest BCUT2D eigenvalue weighted by molar-refractivity contribution is 7.47. The molecule has 0 radical (unpaired) electrons. The number of carbonyl (C=O) groups is 1. The number of phosphoric ester groups is 1. The van der Waals surface area contributed by atoms with E-state index in [1.54, 1.807) is 0 Å². The topological polar surface area (TPSA) is 132 Å². The van der Waals surface area contributed by atoms with Crippen molar-refractivity contribution in [2.45, 2.75) is 219 Å². The number of ether oxygens (including phenoxy) is 2. The molecule has 0 fully saturated rings. The lowest BCUT2D eigenvalue weighted by Gasteiger charge is -2.20. The van der Waals surface area contributed by atoms with Crippen LogP contribution in [0.5, 0.6) is 0 Å². The van der Waals surface area contributed by atoms with Gasteiger partial charge in [0, 0.05) is 13.0 Å². The van der Waals surface area contributed by atoms with Gasteiger partial charge in [-0.3, -0.25) is 13.8 Å². The Morgan fingerprint density at radius 1 is 0.577 bits per heavy atom. The molecule has 310 valence electrons. The third-order valence-electron chi connectivity index (χ3n) is 9.45. The van der Waals surface area contributed by atoms with Crippen LogP contribution in [0.3, 0.4) is 0 Å². The van der Waals surface area contributed by atoms with E-state index in [-0.39, 0.29) is 25.6 Å². The summed E-state index contributed by atoms with van der Waals surface area (Å²) in [7, 11) is -4.51. The minimum absolute atomic E-state index is 0.0503. The summed E-state index contributed by atoms with van der Waals surface area (Å²) in [5.41, 5.74) is 0. The fourth-order valence-corrected chi connectivity index (χ4v) is 6.91. The number of aliphatic hydroxyl groups excluding tert-OH is 2. The Morgan fingerprint density at radius 3 is 1.48 bits per heavy atom. The summed E-state index contributed by atoms with van der Waals surface area (Å²) in [6, 6.07) is 0. The van der Waals surface area contributed by atoms with E-state index in [2.05, 4.69) is 26.0 Å². The number of hydrogen-bond acceptors (Lipinski definition) is 8. The fourth-order valence-electron chi connectivity index (χ4n) is 6.12. The molecule has 52 heavy (non-hydrogen) atoms. The maximum Gasteiger partial charge on any atom is 0.472 e. The largest absolute Gasteiger partial charge is 0.472 e. The number of hydrogen-bond donors (Lipinski definition) is 3. The molecule has 0 saturated heterocycles. The van der Waals surface area contributed by atoms with Gasteiger partial charge in [-0.25, -0.2) is 4.57 Å². The third-order valence-corrected chi connectivity index (χ3v) is 10.4. The summed E-state index contributed by atoms with van der Waals surface area (Å²) in [5, 5.41) is 18.3. The average molecular weight is 763 g/mol. The molecule has 3 unspecified atom stereocenters. The summed E-state index contributed by atoms with van der Waals surface area (Å²) in [6.45, 7) is 3.52. The number of unbranched alkanes of at least 4 members (excludes halogenated alkanes) is 26. The molecule has 0 spiro atoms. The first-order valence-corrected chi connectivity index (χ1v) is 23.2. The molecule has 3 atom stereocenters. The van der Waals surface area contributed by atoms with E-state index in [4.69, 9.17) is 23.6 Å². The fraction of sp³-hybridized carbons (Fsp3) is 0.929. The SMILES string of the molecule is CCCCC/C=C\CCCCCCCCOCC(COP(=O)(O)OCC(O)CO)OC(=O)CCCCCCCCCCCCCCCCCCCC. The van der Waals surface area contributed by atoms with Crippen molar-refractivity contribution in [3.05, 3.63) is 12.2 Å². The van der Waals surface area contributed by atoms with Gasteiger partial charge in [0.2, 0.25) is 0 Å². The molecule has 0 aliphatic carbocycles. The Kier molecular flexibility index (Phi) is 39.3. The summed E-state index contributed by atoms with van der Waals surface area (Å²) in [4.78, 5) is 22.6. The minimum Gasteiger partial charge on any atom is -0.457 e. The highest BCUT2D eigenvalue weighted by Crippen LogP contribution is 2.43. The molecule has 0 aliphatic rings. The number of esters is 1. The van der Waals surface area contributed by atoms with E-state index in [0.29, 0.717) is 6.61 Å². The first-order chi connectivity index (χ1) is 25.3. The number of allylic oxidation sites excluding steroid dienone is 2. The number of aliphatic hydroxyl groups is 2. The Morgan fingerprint density at radius 2 is 0.981 bits per heavy atom. The van der Waals surface area contributed by atoms with Crippen LogP contribution in [0.2, 0.25) is 0 Å². The Hall–Kier alpha value is -0.800. The maximum atomic E-state index is 12.6. The molecule has 3 N–H and O–H groups in total. The van der Waals surface area contributed by atoms with Crippen LogP contribution in [0, 0.1) is 0 Å². The zero-order valence-corrected chi connectivity index (χ0v) is 34.7. The Bertz CT molecular complexity index is 825. The zero-order valence-electron chi connectivity index (χ0n) is 33.8. The maximum absolute atomic E-state index is 12.6. The van der Waals surface area contributed by atoms with Crippen molar-refractivity contribution in [2.24, 2.45) is 0 Å². The van der Waals surface area contributed by atoms with E-state index in [0.717, 1.165) is 44.9 Å². The molecule has 0 amide bonds. The highest BCUT2D eigenvalue weighted by Gasteiger charge is 2.26. The van der Waals surface area contributed by atoms with Gasteiger partial charge < -0.3 is 24.6 Å². The van der Waals surface area contributed by atoms with Crippen LogP contribution < -0.4 is 0 Å². The van der Waals surface area contributed by atoms with E-state index >= 15 is 0 Å². The molecule has 0 saturated carbocycles. The highest BCUT2D eigenvalue weighted by atomic mass is 31.2. The first-order valence-electron chi connectivity index (χ1n) is 21.7. The Balaban J connectivity index is 4.12. The lowest BCUT2D eigenvalue weighted by Crippen LogP contribution is -2.29.